The van der Waals surface area contributed by atoms with Crippen LogP contribution < -0.4 is 19.7 Å². The Bertz CT molecular complexity index is 822. The zero-order chi connectivity index (χ0) is 18.6. The Hall–Kier alpha value is -2.96. The van der Waals surface area contributed by atoms with Gasteiger partial charge in [-0.15, -0.1) is 0 Å². The highest BCUT2D eigenvalue weighted by Crippen LogP contribution is 2.35. The van der Waals surface area contributed by atoms with Gasteiger partial charge in [-0.2, -0.15) is 0 Å². The van der Waals surface area contributed by atoms with Crippen LogP contribution in [0.25, 0.3) is 0 Å². The fourth-order valence-corrected chi connectivity index (χ4v) is 3.37. The third-order valence-corrected chi connectivity index (χ3v) is 4.92. The van der Waals surface area contributed by atoms with E-state index in [1.54, 1.807) is 23.1 Å². The van der Waals surface area contributed by atoms with Gasteiger partial charge in [0.25, 0.3) is 0 Å². The predicted molar refractivity (Wildman–Crippen MR) is 99.9 cm³/mol. The first-order chi connectivity index (χ1) is 13.2. The van der Waals surface area contributed by atoms with Crippen molar-refractivity contribution in [1.82, 2.24) is 10.2 Å². The summed E-state index contributed by atoms with van der Waals surface area (Å²) in [5.41, 5.74) is 1.68. The van der Waals surface area contributed by atoms with E-state index in [1.807, 2.05) is 18.2 Å². The molecule has 2 aromatic rings. The van der Waals surface area contributed by atoms with Gasteiger partial charge in [-0.3, -0.25) is 0 Å². The minimum absolute atomic E-state index is 0.100. The number of nitrogens with one attached hydrogen (secondary N) is 1. The molecular formula is C20H22FN3O3. The summed E-state index contributed by atoms with van der Waals surface area (Å²) < 4.78 is 24.4. The van der Waals surface area contributed by atoms with Crippen molar-refractivity contribution in [2.24, 2.45) is 0 Å². The van der Waals surface area contributed by atoms with Crippen LogP contribution in [0.1, 0.15) is 5.56 Å². The van der Waals surface area contributed by atoms with E-state index in [2.05, 4.69) is 10.2 Å². The number of urea groups is 1. The number of ether oxygens (including phenoxy) is 2. The van der Waals surface area contributed by atoms with Crippen LogP contribution in [-0.4, -0.2) is 50.4 Å². The van der Waals surface area contributed by atoms with E-state index >= 15 is 0 Å². The molecule has 1 N–H and O–H groups in total. The molecule has 0 aliphatic carbocycles. The molecule has 0 spiro atoms. The Labute approximate surface area is 157 Å². The van der Waals surface area contributed by atoms with Gasteiger partial charge in [0.15, 0.2) is 11.5 Å². The second-order valence-corrected chi connectivity index (χ2v) is 6.58. The van der Waals surface area contributed by atoms with Crippen molar-refractivity contribution in [3.05, 3.63) is 53.8 Å². The molecule has 0 atom stereocenters. The van der Waals surface area contributed by atoms with Crippen LogP contribution in [0, 0.1) is 5.82 Å². The first kappa shape index (κ1) is 17.5. The molecule has 2 amide bonds. The van der Waals surface area contributed by atoms with Gasteiger partial charge in [-0.25, -0.2) is 9.18 Å². The topological polar surface area (TPSA) is 54.0 Å². The highest BCUT2D eigenvalue weighted by atomic mass is 19.1. The van der Waals surface area contributed by atoms with E-state index in [-0.39, 0.29) is 18.6 Å². The highest BCUT2D eigenvalue weighted by Gasteiger charge is 2.22. The number of amides is 2. The molecule has 0 radical (unpaired) electrons. The molecule has 0 saturated carbocycles. The number of carbonyl (C=O) groups is 1. The molecule has 2 aliphatic rings. The minimum atomic E-state index is -0.232. The normalized spacial score (nSPS) is 15.7. The SMILES string of the molecule is O=C(NCCc1ccccc1F)N1CCN(c2ccc3c(c2)OCO3)CC1. The molecule has 1 fully saturated rings. The molecule has 2 heterocycles. The number of nitrogens with zero attached hydrogens (tertiary/aromatic N) is 2. The largest absolute Gasteiger partial charge is 0.454 e. The van der Waals surface area contributed by atoms with Gasteiger partial charge in [0.2, 0.25) is 6.79 Å². The molecular weight excluding hydrogens is 349 g/mol. The second-order valence-electron chi connectivity index (χ2n) is 6.58. The lowest BCUT2D eigenvalue weighted by molar-refractivity contribution is 0.174. The van der Waals surface area contributed by atoms with Crippen LogP contribution in [0.15, 0.2) is 42.5 Å². The maximum atomic E-state index is 13.6. The van der Waals surface area contributed by atoms with Crippen LogP contribution in [0.3, 0.4) is 0 Å². The van der Waals surface area contributed by atoms with Crippen molar-refractivity contribution in [1.29, 1.82) is 0 Å². The fourth-order valence-electron chi connectivity index (χ4n) is 3.37. The minimum Gasteiger partial charge on any atom is -0.454 e. The molecule has 0 unspecified atom stereocenters. The van der Waals surface area contributed by atoms with Crippen LogP contribution in [-0.2, 0) is 6.42 Å². The molecule has 4 rings (SSSR count). The molecule has 0 aromatic heterocycles. The zero-order valence-electron chi connectivity index (χ0n) is 15.0. The van der Waals surface area contributed by atoms with Gasteiger partial charge >= 0.3 is 6.03 Å². The van der Waals surface area contributed by atoms with Crippen LogP contribution in [0.2, 0.25) is 0 Å². The van der Waals surface area contributed by atoms with E-state index in [9.17, 15) is 9.18 Å². The van der Waals surface area contributed by atoms with Gasteiger partial charge < -0.3 is 24.6 Å². The maximum Gasteiger partial charge on any atom is 0.317 e. The van der Waals surface area contributed by atoms with Crippen molar-refractivity contribution >= 4 is 11.7 Å². The van der Waals surface area contributed by atoms with Gasteiger partial charge in [0, 0.05) is 44.5 Å². The van der Waals surface area contributed by atoms with Crippen LogP contribution >= 0.6 is 0 Å². The van der Waals surface area contributed by atoms with Crippen molar-refractivity contribution in [3.63, 3.8) is 0 Å². The standard InChI is InChI=1S/C20H22FN3O3/c21-17-4-2-1-3-15(17)7-8-22-20(25)24-11-9-23(10-12-24)16-5-6-18-19(13-16)27-14-26-18/h1-6,13H,7-12,14H2,(H,22,25). The third-order valence-electron chi connectivity index (χ3n) is 4.92. The number of anilines is 1. The zero-order valence-corrected chi connectivity index (χ0v) is 15.0. The van der Waals surface area contributed by atoms with Crippen molar-refractivity contribution < 1.29 is 18.7 Å². The van der Waals surface area contributed by atoms with E-state index < -0.39 is 0 Å². The summed E-state index contributed by atoms with van der Waals surface area (Å²) >= 11 is 0. The first-order valence-electron chi connectivity index (χ1n) is 9.11. The van der Waals surface area contributed by atoms with Crippen molar-refractivity contribution in [2.75, 3.05) is 44.4 Å². The average molecular weight is 371 g/mol. The Morgan fingerprint density at radius 3 is 2.63 bits per heavy atom. The fraction of sp³-hybridized carbons (Fsp3) is 0.350. The number of benzene rings is 2. The number of halogens is 1. The Morgan fingerprint density at radius 1 is 1.04 bits per heavy atom. The van der Waals surface area contributed by atoms with Crippen LogP contribution in [0.5, 0.6) is 11.5 Å². The highest BCUT2D eigenvalue weighted by molar-refractivity contribution is 5.74. The number of carbonyl (C=O) groups excluding carboxylic acids is 1. The Balaban J connectivity index is 1.25. The average Bonchev–Trinajstić information content (AvgIpc) is 3.17. The molecule has 6 nitrogen and oxygen atoms in total. The lowest BCUT2D eigenvalue weighted by Gasteiger charge is -2.36. The molecule has 27 heavy (non-hydrogen) atoms. The van der Waals surface area contributed by atoms with Gasteiger partial charge in [0.05, 0.1) is 0 Å². The lowest BCUT2D eigenvalue weighted by atomic mass is 10.1. The van der Waals surface area contributed by atoms with E-state index in [0.29, 0.717) is 31.6 Å². The number of fused-ring (bicyclic) bond motifs is 1. The van der Waals surface area contributed by atoms with Gasteiger partial charge in [-0.05, 0) is 30.2 Å². The number of piperazine rings is 1. The van der Waals surface area contributed by atoms with E-state index in [0.717, 1.165) is 30.3 Å². The van der Waals surface area contributed by atoms with Gasteiger partial charge in [-0.1, -0.05) is 18.2 Å². The monoisotopic (exact) mass is 371 g/mol. The molecule has 7 heteroatoms. The second kappa shape index (κ2) is 7.73. The molecule has 2 aliphatic heterocycles. The summed E-state index contributed by atoms with van der Waals surface area (Å²) in [6, 6.07) is 12.4. The summed E-state index contributed by atoms with van der Waals surface area (Å²) in [6.45, 7) is 3.46. The Kier molecular flexibility index (Phi) is 5.00. The molecule has 1 saturated heterocycles. The number of rotatable bonds is 4. The van der Waals surface area contributed by atoms with E-state index in [1.165, 1.54) is 6.07 Å². The van der Waals surface area contributed by atoms with E-state index in [4.69, 9.17) is 9.47 Å². The summed E-state index contributed by atoms with van der Waals surface area (Å²) in [6.07, 6.45) is 0.482. The number of hydrogen-bond acceptors (Lipinski definition) is 4. The molecule has 0 bridgehead atoms. The predicted octanol–water partition coefficient (Wildman–Crippen LogP) is 2.63. The maximum absolute atomic E-state index is 13.6. The first-order valence-corrected chi connectivity index (χ1v) is 9.11. The van der Waals surface area contributed by atoms with Crippen LogP contribution in [0.4, 0.5) is 14.9 Å². The molecule has 2 aromatic carbocycles. The smallest absolute Gasteiger partial charge is 0.317 e. The third kappa shape index (κ3) is 3.92. The summed E-state index contributed by atoms with van der Waals surface area (Å²) in [7, 11) is 0. The van der Waals surface area contributed by atoms with Crippen molar-refractivity contribution in [2.45, 2.75) is 6.42 Å². The lowest BCUT2D eigenvalue weighted by Crippen LogP contribution is -2.52. The number of hydrogen-bond donors (Lipinski definition) is 1. The summed E-state index contributed by atoms with van der Waals surface area (Å²) in [5.74, 6) is 1.30. The molecule has 142 valence electrons. The van der Waals surface area contributed by atoms with Crippen molar-refractivity contribution in [3.8, 4) is 11.5 Å². The van der Waals surface area contributed by atoms with Gasteiger partial charge in [0.1, 0.15) is 5.82 Å². The Morgan fingerprint density at radius 2 is 1.81 bits per heavy atom. The summed E-state index contributed by atoms with van der Waals surface area (Å²) in [4.78, 5) is 16.4. The quantitative estimate of drug-likeness (QED) is 0.898. The summed E-state index contributed by atoms with van der Waals surface area (Å²) in [5, 5.41) is 2.88.